The first kappa shape index (κ1) is 22.8. The van der Waals surface area contributed by atoms with Crippen molar-refractivity contribution < 1.29 is 28.6 Å². The van der Waals surface area contributed by atoms with Gasteiger partial charge in [0.05, 0.1) is 6.10 Å². The van der Waals surface area contributed by atoms with E-state index in [0.29, 0.717) is 6.42 Å². The van der Waals surface area contributed by atoms with Gasteiger partial charge in [-0.1, -0.05) is 55.8 Å². The second-order valence-electron chi connectivity index (χ2n) is 6.34. The number of alkyl halides is 1. The molecule has 0 aliphatic heterocycles. The summed E-state index contributed by atoms with van der Waals surface area (Å²) >= 11 is 5.31. The van der Waals surface area contributed by atoms with Gasteiger partial charge >= 0.3 is 18.0 Å². The van der Waals surface area contributed by atoms with Crippen LogP contribution >= 0.6 is 11.6 Å². The van der Waals surface area contributed by atoms with E-state index >= 15 is 0 Å². The molecule has 0 heterocycles. The summed E-state index contributed by atoms with van der Waals surface area (Å²) in [5.41, 5.74) is 0.841. The van der Waals surface area contributed by atoms with E-state index in [-0.39, 0.29) is 25.0 Å². The van der Waals surface area contributed by atoms with Crippen molar-refractivity contribution >= 4 is 29.6 Å². The largest absolute Gasteiger partial charge is 0.461 e. The predicted octanol–water partition coefficient (Wildman–Crippen LogP) is 3.39. The van der Waals surface area contributed by atoms with E-state index in [9.17, 15) is 14.4 Å². The Bertz CT molecular complexity index is 607. The average molecular weight is 400 g/mol. The van der Waals surface area contributed by atoms with Crippen LogP contribution in [0.25, 0.3) is 0 Å². The van der Waals surface area contributed by atoms with Crippen LogP contribution < -0.4 is 5.32 Å². The van der Waals surface area contributed by atoms with Gasteiger partial charge in [0.25, 0.3) is 0 Å². The Morgan fingerprint density at radius 3 is 2.33 bits per heavy atom. The minimum Gasteiger partial charge on any atom is -0.461 e. The Kier molecular flexibility index (Phi) is 10.3. The minimum atomic E-state index is -0.856. The first-order chi connectivity index (χ1) is 12.8. The lowest BCUT2D eigenvalue weighted by Gasteiger charge is -2.22. The molecule has 8 heteroatoms. The van der Waals surface area contributed by atoms with E-state index in [1.54, 1.807) is 20.8 Å². The summed E-state index contributed by atoms with van der Waals surface area (Å²) in [6.07, 6.45) is -0.832. The van der Waals surface area contributed by atoms with Crippen LogP contribution in [0.4, 0.5) is 4.79 Å². The van der Waals surface area contributed by atoms with Gasteiger partial charge in [0.2, 0.25) is 0 Å². The molecule has 0 saturated carbocycles. The quantitative estimate of drug-likeness (QED) is 0.368. The lowest BCUT2D eigenvalue weighted by molar-refractivity contribution is -0.154. The van der Waals surface area contributed by atoms with E-state index in [2.05, 4.69) is 10.1 Å². The summed E-state index contributed by atoms with van der Waals surface area (Å²) in [4.78, 5) is 35.6. The molecular formula is C19H26ClNO6. The van der Waals surface area contributed by atoms with Gasteiger partial charge in [0, 0.05) is 6.42 Å². The molecule has 0 aromatic heterocycles. The lowest BCUT2D eigenvalue weighted by atomic mass is 10.0. The number of rotatable bonds is 10. The monoisotopic (exact) mass is 399 g/mol. The maximum atomic E-state index is 12.3. The van der Waals surface area contributed by atoms with Gasteiger partial charge in [0.1, 0.15) is 12.6 Å². The zero-order valence-electron chi connectivity index (χ0n) is 15.8. The van der Waals surface area contributed by atoms with Crippen molar-refractivity contribution in [3.8, 4) is 0 Å². The molecule has 0 bridgehead atoms. The number of carbonyl (C=O) groups is 3. The summed E-state index contributed by atoms with van der Waals surface area (Å²) in [6.45, 7) is 5.33. The molecule has 0 spiro atoms. The van der Waals surface area contributed by atoms with Gasteiger partial charge < -0.3 is 19.5 Å². The van der Waals surface area contributed by atoms with E-state index in [0.717, 1.165) is 5.56 Å². The van der Waals surface area contributed by atoms with Crippen LogP contribution in [-0.4, -0.2) is 36.2 Å². The van der Waals surface area contributed by atoms with Crippen LogP contribution in [0.1, 0.15) is 39.2 Å². The van der Waals surface area contributed by atoms with Crippen molar-refractivity contribution in [1.82, 2.24) is 5.32 Å². The fourth-order valence-electron chi connectivity index (χ4n) is 2.17. The van der Waals surface area contributed by atoms with Crippen LogP contribution in [0.5, 0.6) is 0 Å². The van der Waals surface area contributed by atoms with Crippen molar-refractivity contribution in [3.63, 3.8) is 0 Å². The molecule has 27 heavy (non-hydrogen) atoms. The van der Waals surface area contributed by atoms with Gasteiger partial charge in [-0.25, -0.2) is 9.59 Å². The molecule has 1 rings (SSSR count). The molecule has 1 amide bonds. The molecule has 1 aromatic rings. The number of halogens is 1. The summed E-state index contributed by atoms with van der Waals surface area (Å²) in [6, 6.07) is 8.15. The van der Waals surface area contributed by atoms with E-state index in [1.165, 1.54) is 0 Å². The highest BCUT2D eigenvalue weighted by atomic mass is 35.5. The van der Waals surface area contributed by atoms with Crippen molar-refractivity contribution in [2.45, 2.75) is 52.4 Å². The topological polar surface area (TPSA) is 90.9 Å². The van der Waals surface area contributed by atoms with Crippen LogP contribution in [0.3, 0.4) is 0 Å². The van der Waals surface area contributed by atoms with E-state index in [4.69, 9.17) is 21.1 Å². The van der Waals surface area contributed by atoms with E-state index in [1.807, 2.05) is 30.3 Å². The Labute approximate surface area is 164 Å². The lowest BCUT2D eigenvalue weighted by Crippen LogP contribution is -2.46. The number of hydrogen-bond donors (Lipinski definition) is 1. The number of benzene rings is 1. The van der Waals surface area contributed by atoms with Crippen molar-refractivity contribution in [1.29, 1.82) is 0 Å². The van der Waals surface area contributed by atoms with Crippen molar-refractivity contribution in [2.75, 3.05) is 6.07 Å². The van der Waals surface area contributed by atoms with Gasteiger partial charge in [-0.15, -0.1) is 0 Å². The third kappa shape index (κ3) is 9.28. The molecule has 0 aliphatic carbocycles. The Morgan fingerprint density at radius 1 is 1.07 bits per heavy atom. The number of amides is 1. The van der Waals surface area contributed by atoms with Crippen LogP contribution in [-0.2, 0) is 30.4 Å². The maximum Gasteiger partial charge on any atom is 0.408 e. The fraction of sp³-hybridized carbons (Fsp3) is 0.526. The second-order valence-corrected chi connectivity index (χ2v) is 6.56. The van der Waals surface area contributed by atoms with Crippen molar-refractivity contribution in [3.05, 3.63) is 35.9 Å². The molecule has 2 atom stereocenters. The highest BCUT2D eigenvalue weighted by Crippen LogP contribution is 2.10. The average Bonchev–Trinajstić information content (AvgIpc) is 2.63. The van der Waals surface area contributed by atoms with Gasteiger partial charge in [-0.2, -0.15) is 0 Å². The Morgan fingerprint density at radius 2 is 1.74 bits per heavy atom. The molecule has 0 saturated heterocycles. The third-order valence-electron chi connectivity index (χ3n) is 3.69. The van der Waals surface area contributed by atoms with Crippen LogP contribution in [0.15, 0.2) is 30.3 Å². The zero-order valence-corrected chi connectivity index (χ0v) is 16.5. The molecule has 7 nitrogen and oxygen atoms in total. The zero-order chi connectivity index (χ0) is 20.2. The number of alkyl carbamates (subject to hydrolysis) is 1. The molecule has 0 radical (unpaired) electrons. The molecule has 1 unspecified atom stereocenters. The molecule has 1 aromatic carbocycles. The van der Waals surface area contributed by atoms with Gasteiger partial charge in [-0.3, -0.25) is 4.79 Å². The molecule has 1 N–H and O–H groups in total. The first-order valence-electron chi connectivity index (χ1n) is 8.72. The number of ether oxygens (including phenoxy) is 3. The van der Waals surface area contributed by atoms with Gasteiger partial charge in [0.15, 0.2) is 6.07 Å². The first-order valence-corrected chi connectivity index (χ1v) is 9.26. The Balaban J connectivity index is 2.47. The van der Waals surface area contributed by atoms with Crippen LogP contribution in [0, 0.1) is 5.92 Å². The van der Waals surface area contributed by atoms with Gasteiger partial charge in [-0.05, 0) is 24.8 Å². The summed E-state index contributed by atoms with van der Waals surface area (Å²) in [5, 5.41) is 2.53. The highest BCUT2D eigenvalue weighted by Gasteiger charge is 2.27. The predicted molar refractivity (Wildman–Crippen MR) is 100.0 cm³/mol. The SMILES string of the molecule is CC(CCC(=O)OCCl)OC(=O)[C@@H](NC(=O)OCc1ccccc1)C(C)C. The summed E-state index contributed by atoms with van der Waals surface area (Å²) < 4.78 is 15.1. The summed E-state index contributed by atoms with van der Waals surface area (Å²) in [5.74, 6) is -1.24. The Hall–Kier alpha value is -2.28. The number of esters is 2. The number of carbonyl (C=O) groups excluding carboxylic acids is 3. The third-order valence-corrected chi connectivity index (χ3v) is 3.80. The maximum absolute atomic E-state index is 12.3. The fourth-order valence-corrected chi connectivity index (χ4v) is 2.30. The number of nitrogens with one attached hydrogen (secondary N) is 1. The van der Waals surface area contributed by atoms with E-state index < -0.39 is 30.2 Å². The standard InChI is InChI=1S/C19H26ClNO6/c1-13(2)17(18(23)27-14(3)9-10-16(22)26-12-20)21-19(24)25-11-15-7-5-4-6-8-15/h4-8,13-14,17H,9-12H2,1-3H3,(H,21,24)/t14?,17-/m0/s1. The second kappa shape index (κ2) is 12.2. The molecule has 150 valence electrons. The van der Waals surface area contributed by atoms with Crippen LogP contribution in [0.2, 0.25) is 0 Å². The number of hydrogen-bond acceptors (Lipinski definition) is 6. The normalized spacial score (nSPS) is 12.8. The molecule has 0 fully saturated rings. The molecule has 0 aliphatic rings. The molecular weight excluding hydrogens is 374 g/mol. The minimum absolute atomic E-state index is 0.0834. The van der Waals surface area contributed by atoms with Crippen molar-refractivity contribution in [2.24, 2.45) is 5.92 Å². The smallest absolute Gasteiger partial charge is 0.408 e. The highest BCUT2D eigenvalue weighted by molar-refractivity contribution is 6.17. The summed E-state index contributed by atoms with van der Waals surface area (Å²) in [7, 11) is 0.